The normalized spacial score (nSPS) is 11.5. The number of methoxy groups -OCH3 is 1. The highest BCUT2D eigenvalue weighted by Crippen LogP contribution is 2.21. The summed E-state index contributed by atoms with van der Waals surface area (Å²) < 4.78 is 9.82. The van der Waals surface area contributed by atoms with Gasteiger partial charge in [-0.2, -0.15) is 0 Å². The van der Waals surface area contributed by atoms with E-state index in [9.17, 15) is 9.59 Å². The molecule has 0 saturated heterocycles. The summed E-state index contributed by atoms with van der Waals surface area (Å²) in [7, 11) is 1.56. The summed E-state index contributed by atoms with van der Waals surface area (Å²) in [5.41, 5.74) is 1.32. The van der Waals surface area contributed by atoms with Crippen molar-refractivity contribution in [2.24, 2.45) is 0 Å². The van der Waals surface area contributed by atoms with Gasteiger partial charge in [-0.3, -0.25) is 4.79 Å². The Morgan fingerprint density at radius 3 is 2.27 bits per heavy atom. The van der Waals surface area contributed by atoms with Crippen LogP contribution in [-0.2, 0) is 20.7 Å². The van der Waals surface area contributed by atoms with Gasteiger partial charge in [0.25, 0.3) is 0 Å². The molecule has 1 atom stereocenters. The predicted molar refractivity (Wildman–Crippen MR) is 82.8 cm³/mol. The van der Waals surface area contributed by atoms with Crippen LogP contribution in [0.2, 0.25) is 0 Å². The van der Waals surface area contributed by atoms with E-state index in [4.69, 9.17) is 21.1 Å². The molecule has 1 unspecified atom stereocenters. The molecule has 0 N–H and O–H groups in total. The van der Waals surface area contributed by atoms with Crippen molar-refractivity contribution in [2.75, 3.05) is 7.11 Å². The lowest BCUT2D eigenvalue weighted by Gasteiger charge is -2.09. The zero-order valence-electron chi connectivity index (χ0n) is 12.0. The lowest BCUT2D eigenvalue weighted by Crippen LogP contribution is -2.18. The smallest absolute Gasteiger partial charge is 0.336 e. The quantitative estimate of drug-likeness (QED) is 0.482. The second-order valence-corrected chi connectivity index (χ2v) is 5.03. The Kier molecular flexibility index (Phi) is 5.55. The Morgan fingerprint density at radius 2 is 1.68 bits per heavy atom. The largest absolute Gasteiger partial charge is 0.497 e. The first-order valence-electron chi connectivity index (χ1n) is 6.66. The molecule has 5 heteroatoms. The first kappa shape index (κ1) is 16.0. The van der Waals surface area contributed by atoms with Gasteiger partial charge in [0.05, 0.1) is 13.5 Å². The third kappa shape index (κ3) is 4.33. The highest BCUT2D eigenvalue weighted by molar-refractivity contribution is 6.30. The molecule has 2 rings (SSSR count). The molecule has 0 bridgehead atoms. The molecule has 0 aliphatic rings. The van der Waals surface area contributed by atoms with Crippen molar-refractivity contribution in [3.8, 4) is 5.75 Å². The summed E-state index contributed by atoms with van der Waals surface area (Å²) in [5, 5.41) is -0.999. The van der Waals surface area contributed by atoms with E-state index in [-0.39, 0.29) is 6.42 Å². The van der Waals surface area contributed by atoms with E-state index in [1.807, 2.05) is 6.07 Å². The highest BCUT2D eigenvalue weighted by Gasteiger charge is 2.22. The molecule has 0 amide bonds. The minimum Gasteiger partial charge on any atom is -0.497 e. The van der Waals surface area contributed by atoms with Crippen LogP contribution in [-0.4, -0.2) is 19.0 Å². The number of ether oxygens (including phenoxy) is 2. The summed E-state index contributed by atoms with van der Waals surface area (Å²) in [6.07, 6.45) is -0.00582. The zero-order valence-corrected chi connectivity index (χ0v) is 12.7. The molecule has 0 aliphatic heterocycles. The number of carbonyl (C=O) groups is 2. The predicted octanol–water partition coefficient (Wildman–Crippen LogP) is 3.29. The van der Waals surface area contributed by atoms with Crippen LogP contribution in [0.5, 0.6) is 5.75 Å². The van der Waals surface area contributed by atoms with Crippen LogP contribution in [0.4, 0.5) is 0 Å². The van der Waals surface area contributed by atoms with E-state index in [0.717, 1.165) is 5.56 Å². The first-order valence-corrected chi connectivity index (χ1v) is 7.10. The van der Waals surface area contributed by atoms with Crippen LogP contribution < -0.4 is 4.74 Å². The van der Waals surface area contributed by atoms with Gasteiger partial charge >= 0.3 is 11.9 Å². The number of hydrogen-bond acceptors (Lipinski definition) is 4. The number of halogens is 1. The number of benzene rings is 2. The fourth-order valence-corrected chi connectivity index (χ4v) is 2.06. The molecule has 0 saturated carbocycles. The average molecular weight is 319 g/mol. The summed E-state index contributed by atoms with van der Waals surface area (Å²) in [5.74, 6) is -0.721. The SMILES string of the molecule is COc1ccc(CC(=O)OC(=O)C(Cl)c2ccccc2)cc1. The summed E-state index contributed by atoms with van der Waals surface area (Å²) >= 11 is 6.00. The number of alkyl halides is 1. The molecule has 0 aliphatic carbocycles. The van der Waals surface area contributed by atoms with Crippen LogP contribution in [0.3, 0.4) is 0 Å². The molecule has 0 spiro atoms. The number of hydrogen-bond donors (Lipinski definition) is 0. The Balaban J connectivity index is 1.92. The van der Waals surface area contributed by atoms with Crippen LogP contribution in [0.15, 0.2) is 54.6 Å². The van der Waals surface area contributed by atoms with E-state index in [1.54, 1.807) is 55.6 Å². The van der Waals surface area contributed by atoms with Crippen LogP contribution in [0.25, 0.3) is 0 Å². The van der Waals surface area contributed by atoms with Gasteiger partial charge in [-0.15, -0.1) is 11.6 Å². The molecule has 114 valence electrons. The van der Waals surface area contributed by atoms with Crippen molar-refractivity contribution in [1.29, 1.82) is 0 Å². The Hall–Kier alpha value is -2.33. The average Bonchev–Trinajstić information content (AvgIpc) is 2.55. The van der Waals surface area contributed by atoms with E-state index < -0.39 is 17.3 Å². The monoisotopic (exact) mass is 318 g/mol. The number of rotatable bonds is 5. The van der Waals surface area contributed by atoms with Crippen LogP contribution in [0.1, 0.15) is 16.5 Å². The molecule has 0 radical (unpaired) electrons. The van der Waals surface area contributed by atoms with E-state index in [0.29, 0.717) is 11.3 Å². The fraction of sp³-hybridized carbons (Fsp3) is 0.176. The Labute approximate surface area is 133 Å². The standard InChI is InChI=1S/C17H15ClO4/c1-21-14-9-7-12(8-10-14)11-15(19)22-17(20)16(18)13-5-3-2-4-6-13/h2-10,16H,11H2,1H3. The Bertz CT molecular complexity index is 637. The molecule has 22 heavy (non-hydrogen) atoms. The lowest BCUT2D eigenvalue weighted by molar-refractivity contribution is -0.158. The van der Waals surface area contributed by atoms with Gasteiger partial charge in [0.2, 0.25) is 0 Å². The van der Waals surface area contributed by atoms with Gasteiger partial charge in [-0.25, -0.2) is 4.79 Å². The second kappa shape index (κ2) is 7.61. The maximum atomic E-state index is 11.8. The maximum absolute atomic E-state index is 11.8. The molecule has 2 aromatic carbocycles. The first-order chi connectivity index (χ1) is 10.6. The third-order valence-corrected chi connectivity index (χ3v) is 3.45. The second-order valence-electron chi connectivity index (χ2n) is 4.59. The van der Waals surface area contributed by atoms with E-state index in [1.165, 1.54) is 0 Å². The van der Waals surface area contributed by atoms with Crippen molar-refractivity contribution >= 4 is 23.5 Å². The summed E-state index contributed by atoms with van der Waals surface area (Å²) in [6, 6.07) is 15.7. The summed E-state index contributed by atoms with van der Waals surface area (Å²) in [6.45, 7) is 0. The van der Waals surface area contributed by atoms with Gasteiger partial charge in [0.15, 0.2) is 5.38 Å². The van der Waals surface area contributed by atoms with Gasteiger partial charge in [0.1, 0.15) is 5.75 Å². The van der Waals surface area contributed by atoms with Crippen molar-refractivity contribution < 1.29 is 19.1 Å². The molecular formula is C17H15ClO4. The maximum Gasteiger partial charge on any atom is 0.336 e. The summed E-state index contributed by atoms with van der Waals surface area (Å²) in [4.78, 5) is 23.6. The van der Waals surface area contributed by atoms with Gasteiger partial charge in [-0.1, -0.05) is 42.5 Å². The Morgan fingerprint density at radius 1 is 1.05 bits per heavy atom. The molecule has 2 aromatic rings. The number of esters is 2. The van der Waals surface area contributed by atoms with E-state index in [2.05, 4.69) is 0 Å². The zero-order chi connectivity index (χ0) is 15.9. The minimum atomic E-state index is -0.999. The molecular weight excluding hydrogens is 304 g/mol. The molecule has 4 nitrogen and oxygen atoms in total. The highest BCUT2D eigenvalue weighted by atomic mass is 35.5. The topological polar surface area (TPSA) is 52.6 Å². The molecule has 0 fully saturated rings. The van der Waals surface area contributed by atoms with Crippen molar-refractivity contribution in [3.05, 3.63) is 65.7 Å². The lowest BCUT2D eigenvalue weighted by atomic mass is 10.1. The van der Waals surface area contributed by atoms with Crippen LogP contribution >= 0.6 is 11.6 Å². The van der Waals surface area contributed by atoms with Crippen LogP contribution in [0, 0.1) is 0 Å². The van der Waals surface area contributed by atoms with Crippen molar-refractivity contribution in [1.82, 2.24) is 0 Å². The van der Waals surface area contributed by atoms with Gasteiger partial charge < -0.3 is 9.47 Å². The van der Waals surface area contributed by atoms with E-state index >= 15 is 0 Å². The minimum absolute atomic E-state index is 0.00582. The van der Waals surface area contributed by atoms with Crippen molar-refractivity contribution in [2.45, 2.75) is 11.8 Å². The molecule has 0 heterocycles. The fourth-order valence-electron chi connectivity index (χ4n) is 1.87. The third-order valence-electron chi connectivity index (χ3n) is 3.02. The van der Waals surface area contributed by atoms with Gasteiger partial charge in [-0.05, 0) is 23.3 Å². The molecule has 0 aromatic heterocycles. The van der Waals surface area contributed by atoms with Crippen molar-refractivity contribution in [3.63, 3.8) is 0 Å². The van der Waals surface area contributed by atoms with Gasteiger partial charge in [0, 0.05) is 0 Å². The number of carbonyl (C=O) groups excluding carboxylic acids is 2.